The van der Waals surface area contributed by atoms with Crippen LogP contribution >= 0.6 is 11.8 Å². The Morgan fingerprint density at radius 3 is 2.43 bits per heavy atom. The van der Waals surface area contributed by atoms with Crippen LogP contribution in [0.2, 0.25) is 0 Å². The Kier molecular flexibility index (Phi) is 7.12. The minimum atomic E-state index is -0.659. The quantitative estimate of drug-likeness (QED) is 0.695. The second-order valence-electron chi connectivity index (χ2n) is 6.05. The normalized spacial score (nSPS) is 16.2. The average molecular weight is 402 g/mol. The van der Waals surface area contributed by atoms with E-state index in [0.717, 1.165) is 0 Å². The van der Waals surface area contributed by atoms with Crippen molar-refractivity contribution in [1.82, 2.24) is 5.32 Å². The predicted molar refractivity (Wildman–Crippen MR) is 106 cm³/mol. The van der Waals surface area contributed by atoms with Crippen molar-refractivity contribution in [3.05, 3.63) is 45.6 Å². The number of hydrogen-bond acceptors (Lipinski definition) is 8. The third-order valence-corrected chi connectivity index (χ3v) is 5.37. The molecule has 0 amide bonds. The van der Waals surface area contributed by atoms with E-state index in [9.17, 15) is 14.9 Å². The van der Waals surface area contributed by atoms with Gasteiger partial charge in [-0.2, -0.15) is 5.26 Å². The van der Waals surface area contributed by atoms with Crippen LogP contribution in [0.25, 0.3) is 0 Å². The SMILES string of the molecule is COC(=O)C1=C(C)NC(SCC(C)=O)=C(C#N)C1c1ccc(OC)c(OC)c1. The van der Waals surface area contributed by atoms with Crippen LogP contribution in [0, 0.1) is 11.3 Å². The molecule has 1 N–H and O–H groups in total. The van der Waals surface area contributed by atoms with Crippen LogP contribution in [0.4, 0.5) is 0 Å². The molecule has 28 heavy (non-hydrogen) atoms. The minimum absolute atomic E-state index is 0.0142. The van der Waals surface area contributed by atoms with Crippen molar-refractivity contribution >= 4 is 23.5 Å². The van der Waals surface area contributed by atoms with Gasteiger partial charge < -0.3 is 19.5 Å². The van der Waals surface area contributed by atoms with Gasteiger partial charge in [0, 0.05) is 5.70 Å². The van der Waals surface area contributed by atoms with Crippen LogP contribution in [-0.4, -0.2) is 38.8 Å². The first-order valence-electron chi connectivity index (χ1n) is 8.42. The smallest absolute Gasteiger partial charge is 0.336 e. The van der Waals surface area contributed by atoms with E-state index >= 15 is 0 Å². The fraction of sp³-hybridized carbons (Fsp3) is 0.350. The maximum absolute atomic E-state index is 12.5. The molecule has 1 atom stereocenters. The summed E-state index contributed by atoms with van der Waals surface area (Å²) in [5, 5.41) is 13.5. The summed E-state index contributed by atoms with van der Waals surface area (Å²) in [5.74, 6) is 0.0260. The standard InChI is InChI=1S/C20H22N2O5S/c1-11(23)10-28-19-14(9-21)18(17(12(2)22-19)20(24)27-5)13-6-7-15(25-3)16(8-13)26-4/h6-8,18,22H,10H2,1-5H3. The number of nitrogens with zero attached hydrogens (tertiary/aromatic N) is 1. The fourth-order valence-electron chi connectivity index (χ4n) is 2.95. The van der Waals surface area contributed by atoms with Gasteiger partial charge in [-0.15, -0.1) is 0 Å². The highest BCUT2D eigenvalue weighted by Gasteiger charge is 2.35. The van der Waals surface area contributed by atoms with Gasteiger partial charge in [-0.25, -0.2) is 4.79 Å². The van der Waals surface area contributed by atoms with Gasteiger partial charge in [-0.3, -0.25) is 4.79 Å². The number of esters is 1. The Balaban J connectivity index is 2.66. The summed E-state index contributed by atoms with van der Waals surface area (Å²) >= 11 is 1.23. The largest absolute Gasteiger partial charge is 0.493 e. The number of benzene rings is 1. The lowest BCUT2D eigenvalue weighted by Gasteiger charge is -2.29. The van der Waals surface area contributed by atoms with Crippen molar-refractivity contribution in [2.24, 2.45) is 0 Å². The topological polar surface area (TPSA) is 97.7 Å². The molecular weight excluding hydrogens is 380 g/mol. The number of nitriles is 1. The van der Waals surface area contributed by atoms with Gasteiger partial charge in [0.1, 0.15) is 5.78 Å². The van der Waals surface area contributed by atoms with Crippen molar-refractivity contribution in [3.63, 3.8) is 0 Å². The molecule has 0 spiro atoms. The number of methoxy groups -OCH3 is 3. The molecule has 0 radical (unpaired) electrons. The van der Waals surface area contributed by atoms with Gasteiger partial charge in [-0.1, -0.05) is 17.8 Å². The van der Waals surface area contributed by atoms with Gasteiger partial charge in [-0.05, 0) is 31.5 Å². The lowest BCUT2D eigenvalue weighted by atomic mass is 9.82. The number of thioether (sulfide) groups is 1. The van der Waals surface area contributed by atoms with Crippen molar-refractivity contribution in [1.29, 1.82) is 5.26 Å². The first kappa shape index (κ1) is 21.4. The molecule has 148 valence electrons. The first-order valence-corrected chi connectivity index (χ1v) is 9.40. The molecule has 1 aliphatic rings. The lowest BCUT2D eigenvalue weighted by Crippen LogP contribution is -2.28. The second-order valence-corrected chi connectivity index (χ2v) is 7.03. The molecule has 1 aromatic carbocycles. The number of Topliss-reactive ketones (excluding diaryl/α,β-unsaturated/α-hetero) is 1. The minimum Gasteiger partial charge on any atom is -0.493 e. The number of nitrogens with one attached hydrogen (secondary N) is 1. The highest BCUT2D eigenvalue weighted by molar-refractivity contribution is 8.03. The van der Waals surface area contributed by atoms with Gasteiger partial charge in [0.2, 0.25) is 0 Å². The molecular formula is C20H22N2O5S. The van der Waals surface area contributed by atoms with Crippen molar-refractivity contribution in [2.45, 2.75) is 19.8 Å². The van der Waals surface area contributed by atoms with Gasteiger partial charge in [0.05, 0.1) is 55.2 Å². The summed E-state index contributed by atoms with van der Waals surface area (Å²) in [6.07, 6.45) is 0. The predicted octanol–water partition coefficient (Wildman–Crippen LogP) is 2.89. The van der Waals surface area contributed by atoms with E-state index in [1.165, 1.54) is 40.0 Å². The van der Waals surface area contributed by atoms with E-state index < -0.39 is 11.9 Å². The number of hydrogen-bond donors (Lipinski definition) is 1. The lowest BCUT2D eigenvalue weighted by molar-refractivity contribution is -0.136. The summed E-state index contributed by atoms with van der Waals surface area (Å²) < 4.78 is 15.6. The highest BCUT2D eigenvalue weighted by atomic mass is 32.2. The van der Waals surface area contributed by atoms with Crippen molar-refractivity contribution < 1.29 is 23.8 Å². The number of dihydropyridines is 1. The molecule has 7 nitrogen and oxygen atoms in total. The summed E-state index contributed by atoms with van der Waals surface area (Å²) in [6.45, 7) is 3.22. The molecule has 0 aromatic heterocycles. The Morgan fingerprint density at radius 2 is 1.89 bits per heavy atom. The molecule has 1 aliphatic heterocycles. The number of ether oxygens (including phenoxy) is 3. The Labute approximate surface area is 168 Å². The van der Waals surface area contributed by atoms with Crippen LogP contribution in [-0.2, 0) is 14.3 Å². The maximum Gasteiger partial charge on any atom is 0.336 e. The van der Waals surface area contributed by atoms with Crippen LogP contribution in [0.15, 0.2) is 40.1 Å². The maximum atomic E-state index is 12.5. The first-order chi connectivity index (χ1) is 13.4. The monoisotopic (exact) mass is 402 g/mol. The van der Waals surface area contributed by atoms with E-state index in [-0.39, 0.29) is 11.5 Å². The van der Waals surface area contributed by atoms with Crippen LogP contribution < -0.4 is 14.8 Å². The molecule has 1 unspecified atom stereocenters. The summed E-state index contributed by atoms with van der Waals surface area (Å²) in [7, 11) is 4.34. The van der Waals surface area contributed by atoms with E-state index in [0.29, 0.717) is 38.9 Å². The molecule has 0 saturated carbocycles. The Morgan fingerprint density at radius 1 is 1.21 bits per heavy atom. The van der Waals surface area contributed by atoms with Crippen LogP contribution in [0.3, 0.4) is 0 Å². The number of rotatable bonds is 7. The van der Waals surface area contributed by atoms with Crippen molar-refractivity contribution in [3.8, 4) is 17.6 Å². The molecule has 0 fully saturated rings. The molecule has 1 heterocycles. The van der Waals surface area contributed by atoms with E-state index in [1.807, 2.05) is 0 Å². The molecule has 8 heteroatoms. The number of allylic oxidation sites excluding steroid dienone is 2. The van der Waals surface area contributed by atoms with E-state index in [4.69, 9.17) is 14.2 Å². The highest BCUT2D eigenvalue weighted by Crippen LogP contribution is 2.43. The number of ketones is 1. The zero-order valence-electron chi connectivity index (χ0n) is 16.4. The molecule has 0 aliphatic carbocycles. The molecule has 2 rings (SSSR count). The average Bonchev–Trinajstić information content (AvgIpc) is 2.70. The van der Waals surface area contributed by atoms with E-state index in [1.54, 1.807) is 25.1 Å². The third kappa shape index (κ3) is 4.31. The van der Waals surface area contributed by atoms with Gasteiger partial charge >= 0.3 is 5.97 Å². The summed E-state index contributed by atoms with van der Waals surface area (Å²) in [5.41, 5.74) is 1.91. The van der Waals surface area contributed by atoms with Crippen molar-refractivity contribution in [2.75, 3.05) is 27.1 Å². The molecule has 1 aromatic rings. The second kappa shape index (κ2) is 9.33. The summed E-state index contributed by atoms with van der Waals surface area (Å²) in [6, 6.07) is 7.42. The zero-order valence-corrected chi connectivity index (χ0v) is 17.2. The molecule has 0 saturated heterocycles. The number of carbonyl (C=O) groups is 2. The van der Waals surface area contributed by atoms with Gasteiger partial charge in [0.25, 0.3) is 0 Å². The third-order valence-electron chi connectivity index (χ3n) is 4.21. The Hall–Kier alpha value is -2.92. The van der Waals surface area contributed by atoms with E-state index in [2.05, 4.69) is 11.4 Å². The van der Waals surface area contributed by atoms with Crippen LogP contribution in [0.1, 0.15) is 25.3 Å². The van der Waals surface area contributed by atoms with Crippen LogP contribution in [0.5, 0.6) is 11.5 Å². The fourth-order valence-corrected chi connectivity index (χ4v) is 3.84. The zero-order chi connectivity index (χ0) is 20.8. The van der Waals surface area contributed by atoms with Gasteiger partial charge in [0.15, 0.2) is 11.5 Å². The number of carbonyl (C=O) groups excluding carboxylic acids is 2. The summed E-state index contributed by atoms with van der Waals surface area (Å²) in [4.78, 5) is 23.9. The molecule has 0 bridgehead atoms. The Bertz CT molecular complexity index is 898.